The minimum absolute atomic E-state index is 0.115. The van der Waals surface area contributed by atoms with Gasteiger partial charge in [-0.1, -0.05) is 42.5 Å². The average molecular weight is 368 g/mol. The summed E-state index contributed by atoms with van der Waals surface area (Å²) >= 11 is 0. The number of benzene rings is 2. The zero-order chi connectivity index (χ0) is 19.2. The van der Waals surface area contributed by atoms with Crippen molar-refractivity contribution in [2.45, 2.75) is 26.2 Å². The van der Waals surface area contributed by atoms with Crippen molar-refractivity contribution >= 4 is 22.8 Å². The summed E-state index contributed by atoms with van der Waals surface area (Å²) in [5, 5.41) is 2.47. The van der Waals surface area contributed by atoms with Crippen LogP contribution in [0.1, 0.15) is 25.3 Å². The molecule has 0 bridgehead atoms. The van der Waals surface area contributed by atoms with E-state index in [4.69, 9.17) is 4.74 Å². The molecule has 1 saturated heterocycles. The molecule has 0 saturated carbocycles. The first-order chi connectivity index (χ1) is 13.1. The van der Waals surface area contributed by atoms with E-state index in [0.29, 0.717) is 26.2 Å². The molecule has 3 rings (SSSR count). The van der Waals surface area contributed by atoms with Crippen molar-refractivity contribution in [3.05, 3.63) is 48.0 Å². The van der Waals surface area contributed by atoms with E-state index in [1.54, 1.807) is 16.7 Å². The van der Waals surface area contributed by atoms with Gasteiger partial charge in [0.2, 0.25) is 5.91 Å². The van der Waals surface area contributed by atoms with E-state index in [1.165, 1.54) is 16.3 Å². The van der Waals surface area contributed by atoms with Crippen LogP contribution in [0.4, 0.5) is 4.79 Å². The summed E-state index contributed by atoms with van der Waals surface area (Å²) in [5.41, 5.74) is 1.25. The number of hydrogen-bond acceptors (Lipinski definition) is 3. The molecule has 2 aromatic rings. The Bertz CT molecular complexity index is 800. The molecule has 5 nitrogen and oxygen atoms in total. The standard InChI is InChI=1S/C22H28N2O3/c1-3-27-22(26)24-14-7-11-19(16-24)21(25)23(2)15-13-18-10-6-9-17-8-4-5-12-20(17)18/h4-6,8-10,12,19H,3,7,11,13-16H2,1-2H3. The maximum atomic E-state index is 12.9. The van der Waals surface area contributed by atoms with Gasteiger partial charge < -0.3 is 14.5 Å². The number of hydrogen-bond donors (Lipinski definition) is 0. The van der Waals surface area contributed by atoms with Crippen LogP contribution in [0.15, 0.2) is 42.5 Å². The Morgan fingerprint density at radius 1 is 1.19 bits per heavy atom. The van der Waals surface area contributed by atoms with Crippen molar-refractivity contribution < 1.29 is 14.3 Å². The molecular formula is C22H28N2O3. The van der Waals surface area contributed by atoms with E-state index in [2.05, 4.69) is 30.3 Å². The summed E-state index contributed by atoms with van der Waals surface area (Å²) in [6.45, 7) is 3.95. The number of carbonyl (C=O) groups excluding carboxylic acids is 2. The zero-order valence-electron chi connectivity index (χ0n) is 16.2. The predicted molar refractivity (Wildman–Crippen MR) is 107 cm³/mol. The fourth-order valence-electron chi connectivity index (χ4n) is 3.78. The van der Waals surface area contributed by atoms with E-state index in [-0.39, 0.29) is 17.9 Å². The van der Waals surface area contributed by atoms with Crippen LogP contribution >= 0.6 is 0 Å². The number of likely N-dealkylation sites (tertiary alicyclic amines) is 1. The lowest BCUT2D eigenvalue weighted by Crippen LogP contribution is -2.46. The third-order valence-electron chi connectivity index (χ3n) is 5.27. The summed E-state index contributed by atoms with van der Waals surface area (Å²) < 4.78 is 5.08. The number of piperidine rings is 1. The number of nitrogens with zero attached hydrogens (tertiary/aromatic N) is 2. The number of rotatable bonds is 5. The second-order valence-corrected chi connectivity index (χ2v) is 7.13. The van der Waals surface area contributed by atoms with Gasteiger partial charge in [-0.05, 0) is 42.5 Å². The third-order valence-corrected chi connectivity index (χ3v) is 5.27. The lowest BCUT2D eigenvalue weighted by molar-refractivity contribution is -0.135. The van der Waals surface area contributed by atoms with Gasteiger partial charge in [0.05, 0.1) is 12.5 Å². The molecule has 0 aromatic heterocycles. The maximum absolute atomic E-state index is 12.9. The summed E-state index contributed by atoms with van der Waals surface area (Å²) in [5.74, 6) is -0.0232. The Kier molecular flexibility index (Phi) is 6.32. The SMILES string of the molecule is CCOC(=O)N1CCCC(C(=O)N(C)CCc2cccc3ccccc23)C1. The van der Waals surface area contributed by atoms with E-state index in [1.807, 2.05) is 19.2 Å². The highest BCUT2D eigenvalue weighted by molar-refractivity contribution is 5.85. The molecule has 0 N–H and O–H groups in total. The monoisotopic (exact) mass is 368 g/mol. The molecular weight excluding hydrogens is 340 g/mol. The van der Waals surface area contributed by atoms with Gasteiger partial charge in [0, 0.05) is 26.7 Å². The van der Waals surface area contributed by atoms with E-state index >= 15 is 0 Å². The van der Waals surface area contributed by atoms with Crippen LogP contribution in [-0.2, 0) is 16.0 Å². The minimum Gasteiger partial charge on any atom is -0.450 e. The Balaban J connectivity index is 1.59. The van der Waals surface area contributed by atoms with Crippen molar-refractivity contribution in [3.63, 3.8) is 0 Å². The molecule has 27 heavy (non-hydrogen) atoms. The number of ether oxygens (including phenoxy) is 1. The van der Waals surface area contributed by atoms with Gasteiger partial charge in [-0.2, -0.15) is 0 Å². The quantitative estimate of drug-likeness (QED) is 0.808. The summed E-state index contributed by atoms with van der Waals surface area (Å²) in [6, 6.07) is 14.6. The number of fused-ring (bicyclic) bond motifs is 1. The average Bonchev–Trinajstić information content (AvgIpc) is 2.71. The second kappa shape index (κ2) is 8.89. The van der Waals surface area contributed by atoms with Crippen molar-refractivity contribution in [3.8, 4) is 0 Å². The third kappa shape index (κ3) is 4.59. The molecule has 1 heterocycles. The van der Waals surface area contributed by atoms with Gasteiger partial charge in [-0.15, -0.1) is 0 Å². The minimum atomic E-state index is -0.312. The Morgan fingerprint density at radius 2 is 1.96 bits per heavy atom. The number of amides is 2. The lowest BCUT2D eigenvalue weighted by Gasteiger charge is -2.33. The van der Waals surface area contributed by atoms with Crippen LogP contribution in [0.25, 0.3) is 10.8 Å². The Morgan fingerprint density at radius 3 is 2.78 bits per heavy atom. The van der Waals surface area contributed by atoms with Crippen LogP contribution in [0.3, 0.4) is 0 Å². The Labute approximate surface area is 160 Å². The zero-order valence-corrected chi connectivity index (χ0v) is 16.2. The molecule has 0 radical (unpaired) electrons. The normalized spacial score (nSPS) is 17.0. The molecule has 1 fully saturated rings. The second-order valence-electron chi connectivity index (χ2n) is 7.13. The van der Waals surface area contributed by atoms with Crippen LogP contribution < -0.4 is 0 Å². The molecule has 0 spiro atoms. The van der Waals surface area contributed by atoms with E-state index in [9.17, 15) is 9.59 Å². The highest BCUT2D eigenvalue weighted by Gasteiger charge is 2.30. The molecule has 5 heteroatoms. The molecule has 1 aliphatic heterocycles. The molecule has 1 aliphatic rings. The van der Waals surface area contributed by atoms with Gasteiger partial charge in [-0.3, -0.25) is 4.79 Å². The first-order valence-corrected chi connectivity index (χ1v) is 9.73. The van der Waals surface area contributed by atoms with E-state index in [0.717, 1.165) is 19.3 Å². The summed E-state index contributed by atoms with van der Waals surface area (Å²) in [4.78, 5) is 28.3. The first-order valence-electron chi connectivity index (χ1n) is 9.73. The largest absolute Gasteiger partial charge is 0.450 e. The molecule has 0 aliphatic carbocycles. The van der Waals surface area contributed by atoms with Gasteiger partial charge >= 0.3 is 6.09 Å². The fraction of sp³-hybridized carbons (Fsp3) is 0.455. The fourth-order valence-corrected chi connectivity index (χ4v) is 3.78. The molecule has 144 valence electrons. The highest BCUT2D eigenvalue weighted by Crippen LogP contribution is 2.21. The van der Waals surface area contributed by atoms with Crippen LogP contribution in [-0.4, -0.2) is 55.1 Å². The molecule has 2 amide bonds. The van der Waals surface area contributed by atoms with Gasteiger partial charge in [0.15, 0.2) is 0 Å². The summed E-state index contributed by atoms with van der Waals surface area (Å²) in [7, 11) is 1.86. The van der Waals surface area contributed by atoms with Crippen molar-refractivity contribution in [2.75, 3.05) is 33.3 Å². The van der Waals surface area contributed by atoms with Gasteiger partial charge in [-0.25, -0.2) is 4.79 Å². The van der Waals surface area contributed by atoms with Gasteiger partial charge in [0.1, 0.15) is 0 Å². The lowest BCUT2D eigenvalue weighted by atomic mass is 9.96. The van der Waals surface area contributed by atoms with Crippen molar-refractivity contribution in [1.29, 1.82) is 0 Å². The molecule has 1 atom stereocenters. The number of likely N-dealkylation sites (N-methyl/N-ethyl adjacent to an activating group) is 1. The molecule has 1 unspecified atom stereocenters. The van der Waals surface area contributed by atoms with Crippen molar-refractivity contribution in [2.24, 2.45) is 5.92 Å². The van der Waals surface area contributed by atoms with Gasteiger partial charge in [0.25, 0.3) is 0 Å². The van der Waals surface area contributed by atoms with Crippen LogP contribution in [0, 0.1) is 5.92 Å². The number of carbonyl (C=O) groups is 2. The predicted octanol–water partition coefficient (Wildman–Crippen LogP) is 3.71. The maximum Gasteiger partial charge on any atom is 0.409 e. The summed E-state index contributed by atoms with van der Waals surface area (Å²) in [6.07, 6.45) is 2.17. The van der Waals surface area contributed by atoms with E-state index < -0.39 is 0 Å². The van der Waals surface area contributed by atoms with Crippen LogP contribution in [0.5, 0.6) is 0 Å². The topological polar surface area (TPSA) is 49.9 Å². The van der Waals surface area contributed by atoms with Crippen molar-refractivity contribution in [1.82, 2.24) is 9.80 Å². The first kappa shape index (κ1) is 19.2. The molecule has 2 aromatic carbocycles. The van der Waals surface area contributed by atoms with Crippen LogP contribution in [0.2, 0.25) is 0 Å². The highest BCUT2D eigenvalue weighted by atomic mass is 16.6. The smallest absolute Gasteiger partial charge is 0.409 e. The Hall–Kier alpha value is -2.56.